The molecule has 7 nitrogen and oxygen atoms in total. The molecule has 0 aliphatic carbocycles. The molecule has 0 atom stereocenters. The maximum Gasteiger partial charge on any atom is 0.165 e. The summed E-state index contributed by atoms with van der Waals surface area (Å²) in [5, 5.41) is 8.80. The van der Waals surface area contributed by atoms with E-state index in [2.05, 4.69) is 25.5 Å². The highest BCUT2D eigenvalue weighted by Gasteiger charge is 2.18. The van der Waals surface area contributed by atoms with Crippen LogP contribution in [0.2, 0.25) is 5.02 Å². The van der Waals surface area contributed by atoms with Gasteiger partial charge in [0.2, 0.25) is 0 Å². The third-order valence-corrected chi connectivity index (χ3v) is 4.77. The van der Waals surface area contributed by atoms with Gasteiger partial charge < -0.3 is 16.0 Å². The summed E-state index contributed by atoms with van der Waals surface area (Å²) >= 11 is 5.89. The van der Waals surface area contributed by atoms with Crippen molar-refractivity contribution in [1.82, 2.24) is 9.88 Å². The lowest BCUT2D eigenvalue weighted by Gasteiger charge is -2.14. The average Bonchev–Trinajstić information content (AvgIpc) is 2.74. The van der Waals surface area contributed by atoms with E-state index in [0.717, 1.165) is 29.8 Å². The predicted molar refractivity (Wildman–Crippen MR) is 118 cm³/mol. The molecule has 0 aliphatic heterocycles. The number of pyridine rings is 1. The predicted octanol–water partition coefficient (Wildman–Crippen LogP) is 5.13. The van der Waals surface area contributed by atoms with Crippen LogP contribution in [0.5, 0.6) is 0 Å². The smallest absolute Gasteiger partial charge is 0.165 e. The number of hydrogen-bond acceptors (Lipinski definition) is 5. The Balaban J connectivity index is 2.00. The Kier molecular flexibility index (Phi) is 6.88. The van der Waals surface area contributed by atoms with Crippen LogP contribution in [-0.4, -0.2) is 29.8 Å². The van der Waals surface area contributed by atoms with Crippen molar-refractivity contribution in [3.63, 3.8) is 0 Å². The molecule has 1 heterocycles. The molecule has 0 fully saturated rings. The zero-order chi connectivity index (χ0) is 22.5. The molecule has 0 saturated heterocycles. The number of anilines is 2. The Morgan fingerprint density at radius 1 is 1.13 bits per heavy atom. The molecule has 0 amide bonds. The van der Waals surface area contributed by atoms with E-state index in [9.17, 15) is 8.78 Å². The lowest BCUT2D eigenvalue weighted by atomic mass is 10.0. The van der Waals surface area contributed by atoms with Crippen molar-refractivity contribution in [2.45, 2.75) is 6.54 Å². The van der Waals surface area contributed by atoms with Crippen LogP contribution in [0.15, 0.2) is 59.0 Å². The third-order valence-electron chi connectivity index (χ3n) is 4.40. The first-order valence-electron chi connectivity index (χ1n) is 9.15. The van der Waals surface area contributed by atoms with Crippen LogP contribution in [0, 0.1) is 17.2 Å². The summed E-state index contributed by atoms with van der Waals surface area (Å²) in [6, 6.07) is 11.4. The van der Waals surface area contributed by atoms with Crippen molar-refractivity contribution in [2.24, 2.45) is 10.3 Å². The molecule has 160 valence electrons. The van der Waals surface area contributed by atoms with Gasteiger partial charge in [-0.3, -0.25) is 0 Å². The Morgan fingerprint density at radius 2 is 1.81 bits per heavy atom. The molecule has 0 unspecified atom stereocenters. The highest BCUT2D eigenvalue weighted by Crippen LogP contribution is 2.30. The number of nitrogens with one attached hydrogen (secondary N) is 2. The number of aromatic nitrogens is 1. The molecule has 0 radical (unpaired) electrons. The molecule has 31 heavy (non-hydrogen) atoms. The van der Waals surface area contributed by atoms with Gasteiger partial charge in [-0.1, -0.05) is 41.1 Å². The number of rotatable bonds is 6. The minimum absolute atomic E-state index is 0.0656. The summed E-state index contributed by atoms with van der Waals surface area (Å²) in [7, 11) is 3.98. The quantitative estimate of drug-likeness (QED) is 0.161. The standard InChI is InChI=1S/C21H20ClF2N7/c1-31(2)11-12-3-5-13(6-4-12)14-9-15(20(25)27-10-14)21(29-30-26)28-19-17(24)8-7-16(23)18(19)22/h3-10H,11H2,1-2H3,(H2,25,27)(H2,26,28,29). The maximum atomic E-state index is 14.2. The van der Waals surface area contributed by atoms with Crippen molar-refractivity contribution in [1.29, 1.82) is 5.53 Å². The second kappa shape index (κ2) is 9.59. The van der Waals surface area contributed by atoms with E-state index in [4.69, 9.17) is 22.9 Å². The van der Waals surface area contributed by atoms with Gasteiger partial charge in [-0.25, -0.2) is 13.8 Å². The van der Waals surface area contributed by atoms with Crippen LogP contribution in [0.1, 0.15) is 11.1 Å². The summed E-state index contributed by atoms with van der Waals surface area (Å²) in [6.07, 6.45) is 1.59. The molecule has 2 aromatic carbocycles. The zero-order valence-corrected chi connectivity index (χ0v) is 17.6. The van der Waals surface area contributed by atoms with Crippen molar-refractivity contribution >= 4 is 28.9 Å². The number of benzene rings is 2. The molecule has 0 aliphatic rings. The zero-order valence-electron chi connectivity index (χ0n) is 16.8. The van der Waals surface area contributed by atoms with Crippen molar-refractivity contribution in [3.8, 4) is 11.1 Å². The molecule has 1 aromatic heterocycles. The largest absolute Gasteiger partial charge is 0.383 e. The third kappa shape index (κ3) is 5.19. The van der Waals surface area contributed by atoms with Crippen LogP contribution >= 0.6 is 11.6 Å². The lowest BCUT2D eigenvalue weighted by Crippen LogP contribution is -2.17. The molecule has 0 bridgehead atoms. The molecule has 3 rings (SSSR count). The number of nitrogens with zero attached hydrogens (tertiary/aromatic N) is 4. The van der Waals surface area contributed by atoms with Crippen molar-refractivity contribution in [3.05, 3.63) is 76.4 Å². The molecule has 0 saturated carbocycles. The first kappa shape index (κ1) is 22.3. The van der Waals surface area contributed by atoms with Gasteiger partial charge in [0.1, 0.15) is 22.5 Å². The van der Waals surface area contributed by atoms with Crippen LogP contribution in [0.25, 0.3) is 11.1 Å². The Hall–Kier alpha value is -3.43. The van der Waals surface area contributed by atoms with E-state index < -0.39 is 16.7 Å². The van der Waals surface area contributed by atoms with Gasteiger partial charge in [0.15, 0.2) is 5.84 Å². The van der Waals surface area contributed by atoms with Crippen LogP contribution in [0.3, 0.4) is 0 Å². The van der Waals surface area contributed by atoms with E-state index in [1.165, 1.54) is 0 Å². The fourth-order valence-electron chi connectivity index (χ4n) is 2.95. The summed E-state index contributed by atoms with van der Waals surface area (Å²) in [4.78, 5) is 6.24. The molecule has 3 aromatic rings. The van der Waals surface area contributed by atoms with Gasteiger partial charge in [-0.2, -0.15) is 5.53 Å². The van der Waals surface area contributed by atoms with Gasteiger partial charge in [0.05, 0.1) is 11.3 Å². The monoisotopic (exact) mass is 443 g/mol. The van der Waals surface area contributed by atoms with Gasteiger partial charge in [-0.05, 0) is 43.4 Å². The van der Waals surface area contributed by atoms with E-state index in [0.29, 0.717) is 5.56 Å². The highest BCUT2D eigenvalue weighted by molar-refractivity contribution is 6.34. The first-order chi connectivity index (χ1) is 14.8. The maximum absolute atomic E-state index is 14.2. The Labute approximate surface area is 183 Å². The van der Waals surface area contributed by atoms with E-state index in [1.54, 1.807) is 12.3 Å². The Morgan fingerprint density at radius 3 is 2.45 bits per heavy atom. The van der Waals surface area contributed by atoms with Gasteiger partial charge in [0.25, 0.3) is 0 Å². The average molecular weight is 444 g/mol. The fourth-order valence-corrected chi connectivity index (χ4v) is 3.15. The topological polar surface area (TPSA) is 103 Å². The van der Waals surface area contributed by atoms with Crippen LogP contribution in [0.4, 0.5) is 20.3 Å². The summed E-state index contributed by atoms with van der Waals surface area (Å²) in [5.74, 6) is -1.65. The molecular formula is C21H20ClF2N7. The summed E-state index contributed by atoms with van der Waals surface area (Å²) < 4.78 is 28.0. The van der Waals surface area contributed by atoms with Gasteiger partial charge in [0, 0.05) is 18.3 Å². The fraction of sp³-hybridized carbons (Fsp3) is 0.143. The number of hydrogen-bond donors (Lipinski definition) is 3. The molecule has 10 heteroatoms. The number of nitrogens with two attached hydrogens (primary N) is 1. The normalized spacial score (nSPS) is 11.6. The minimum atomic E-state index is -0.814. The lowest BCUT2D eigenvalue weighted by molar-refractivity contribution is 0.402. The first-order valence-corrected chi connectivity index (χ1v) is 9.52. The highest BCUT2D eigenvalue weighted by atomic mass is 35.5. The van der Waals surface area contributed by atoms with Gasteiger partial charge >= 0.3 is 0 Å². The van der Waals surface area contributed by atoms with Crippen molar-refractivity contribution in [2.75, 3.05) is 25.1 Å². The van der Waals surface area contributed by atoms with E-state index in [-0.39, 0.29) is 22.9 Å². The van der Waals surface area contributed by atoms with Gasteiger partial charge in [-0.15, -0.1) is 5.10 Å². The second-order valence-corrected chi connectivity index (χ2v) is 7.36. The van der Waals surface area contributed by atoms with Crippen LogP contribution in [-0.2, 0) is 6.54 Å². The number of halogens is 3. The van der Waals surface area contributed by atoms with Crippen molar-refractivity contribution < 1.29 is 8.78 Å². The van der Waals surface area contributed by atoms with E-state index in [1.807, 2.05) is 38.4 Å². The molecule has 4 N–H and O–H groups in total. The van der Waals surface area contributed by atoms with Crippen LogP contribution < -0.4 is 11.1 Å². The Bertz CT molecular complexity index is 1130. The SMILES string of the molecule is CN(C)Cc1ccc(-c2cnc(N)c(/C(=N/N=N)Nc3c(F)ccc(F)c3Cl)c2)cc1. The molecule has 0 spiro atoms. The summed E-state index contributed by atoms with van der Waals surface area (Å²) in [6.45, 7) is 0.803. The minimum Gasteiger partial charge on any atom is -0.383 e. The number of nitrogen functional groups attached to an aromatic ring is 1. The molecular weight excluding hydrogens is 424 g/mol. The van der Waals surface area contributed by atoms with E-state index >= 15 is 0 Å². The number of amidine groups is 1. The second-order valence-electron chi connectivity index (χ2n) is 6.98. The summed E-state index contributed by atoms with van der Waals surface area (Å²) in [5.41, 5.74) is 15.7.